The Morgan fingerprint density at radius 3 is 2.52 bits per heavy atom. The van der Waals surface area contributed by atoms with Gasteiger partial charge >= 0.3 is 0 Å². The van der Waals surface area contributed by atoms with E-state index in [0.717, 1.165) is 17.1 Å². The van der Waals surface area contributed by atoms with Crippen molar-refractivity contribution >= 4 is 32.2 Å². The highest BCUT2D eigenvalue weighted by molar-refractivity contribution is 7.91. The lowest BCUT2D eigenvalue weighted by molar-refractivity contribution is 0.597. The van der Waals surface area contributed by atoms with Crippen LogP contribution in [0.2, 0.25) is 0 Å². The van der Waals surface area contributed by atoms with E-state index < -0.39 is 9.84 Å². The van der Waals surface area contributed by atoms with Gasteiger partial charge in [-0.25, -0.2) is 12.8 Å². The lowest BCUT2D eigenvalue weighted by Gasteiger charge is -2.18. The molecule has 0 aliphatic heterocycles. The van der Waals surface area contributed by atoms with Gasteiger partial charge in [-0.05, 0) is 29.2 Å². The summed E-state index contributed by atoms with van der Waals surface area (Å²) in [4.78, 5) is 1.84. The Balaban J connectivity index is 2.32. The van der Waals surface area contributed by atoms with Crippen molar-refractivity contribution in [3.8, 4) is 0 Å². The SMILES string of the molecule is CCS(=O)(=O)c1c(N)nsc1N(C)Cc1ccc(F)cc1. The van der Waals surface area contributed by atoms with Gasteiger partial charge in [0.25, 0.3) is 0 Å². The Labute approximate surface area is 127 Å². The van der Waals surface area contributed by atoms with E-state index in [9.17, 15) is 12.8 Å². The molecule has 0 aliphatic carbocycles. The van der Waals surface area contributed by atoms with Crippen LogP contribution in [0.4, 0.5) is 15.2 Å². The van der Waals surface area contributed by atoms with Gasteiger partial charge in [0.15, 0.2) is 15.7 Å². The molecule has 2 rings (SSSR count). The fraction of sp³-hybridized carbons (Fsp3) is 0.308. The molecule has 0 saturated carbocycles. The summed E-state index contributed by atoms with van der Waals surface area (Å²) in [5, 5.41) is 0.499. The first-order valence-electron chi connectivity index (χ1n) is 6.28. The van der Waals surface area contributed by atoms with Crippen LogP contribution in [0.1, 0.15) is 12.5 Å². The van der Waals surface area contributed by atoms with Gasteiger partial charge in [0.05, 0.1) is 5.75 Å². The van der Waals surface area contributed by atoms with Crippen molar-refractivity contribution < 1.29 is 12.8 Å². The number of anilines is 2. The first-order chi connectivity index (χ1) is 9.85. The molecule has 0 amide bonds. The highest BCUT2D eigenvalue weighted by Gasteiger charge is 2.26. The highest BCUT2D eigenvalue weighted by Crippen LogP contribution is 2.35. The van der Waals surface area contributed by atoms with Crippen molar-refractivity contribution in [3.05, 3.63) is 35.6 Å². The van der Waals surface area contributed by atoms with Crippen LogP contribution in [-0.4, -0.2) is 25.6 Å². The average Bonchev–Trinajstić information content (AvgIpc) is 2.84. The maximum Gasteiger partial charge on any atom is 0.184 e. The summed E-state index contributed by atoms with van der Waals surface area (Å²) in [6.45, 7) is 2.00. The minimum Gasteiger partial charge on any atom is -0.382 e. The van der Waals surface area contributed by atoms with Crippen LogP contribution in [0.15, 0.2) is 29.2 Å². The highest BCUT2D eigenvalue weighted by atomic mass is 32.2. The maximum atomic E-state index is 12.9. The number of hydrogen-bond donors (Lipinski definition) is 1. The standard InChI is InChI=1S/C13H16FN3O2S2/c1-3-21(18,19)11-12(15)16-20-13(11)17(2)8-9-4-6-10(14)7-5-9/h4-7H,3,8H2,1-2H3,(H2,15,16). The quantitative estimate of drug-likeness (QED) is 0.911. The van der Waals surface area contributed by atoms with Crippen molar-refractivity contribution in [1.82, 2.24) is 4.37 Å². The summed E-state index contributed by atoms with van der Waals surface area (Å²) in [6.07, 6.45) is 0. The summed E-state index contributed by atoms with van der Waals surface area (Å²) >= 11 is 1.05. The molecule has 0 unspecified atom stereocenters. The molecule has 2 aromatic rings. The minimum absolute atomic E-state index is 0.0304. The summed E-state index contributed by atoms with van der Waals surface area (Å²) in [6, 6.07) is 6.05. The van der Waals surface area contributed by atoms with Crippen LogP contribution in [0.25, 0.3) is 0 Å². The molecule has 0 atom stereocenters. The van der Waals surface area contributed by atoms with Crippen molar-refractivity contribution in [1.29, 1.82) is 0 Å². The molecule has 114 valence electrons. The van der Waals surface area contributed by atoms with Gasteiger partial charge in [-0.15, -0.1) is 0 Å². The first-order valence-corrected chi connectivity index (χ1v) is 8.71. The molecule has 1 heterocycles. The average molecular weight is 329 g/mol. The topological polar surface area (TPSA) is 76.3 Å². The molecule has 8 heteroatoms. The third-order valence-electron chi connectivity index (χ3n) is 3.03. The minimum atomic E-state index is -3.44. The van der Waals surface area contributed by atoms with Gasteiger partial charge in [-0.1, -0.05) is 19.1 Å². The molecule has 1 aromatic heterocycles. The van der Waals surface area contributed by atoms with Gasteiger partial charge in [-0.2, -0.15) is 4.37 Å². The van der Waals surface area contributed by atoms with E-state index in [1.165, 1.54) is 12.1 Å². The second-order valence-corrected chi connectivity index (χ2v) is 7.55. The van der Waals surface area contributed by atoms with Crippen LogP contribution in [0, 0.1) is 5.82 Å². The van der Waals surface area contributed by atoms with Crippen LogP contribution < -0.4 is 10.6 Å². The molecule has 0 bridgehead atoms. The largest absolute Gasteiger partial charge is 0.382 e. The number of hydrogen-bond acceptors (Lipinski definition) is 6. The summed E-state index contributed by atoms with van der Waals surface area (Å²) in [5.41, 5.74) is 6.56. The lowest BCUT2D eigenvalue weighted by Crippen LogP contribution is -2.18. The van der Waals surface area contributed by atoms with Gasteiger partial charge in [0.1, 0.15) is 15.7 Å². The van der Waals surface area contributed by atoms with Crippen molar-refractivity contribution in [2.75, 3.05) is 23.4 Å². The third kappa shape index (κ3) is 3.33. The first kappa shape index (κ1) is 15.7. The number of nitrogens with zero attached hydrogens (tertiary/aromatic N) is 2. The zero-order valence-electron chi connectivity index (χ0n) is 11.7. The second-order valence-electron chi connectivity index (χ2n) is 4.59. The number of halogens is 1. The van der Waals surface area contributed by atoms with E-state index in [2.05, 4.69) is 4.37 Å². The normalized spacial score (nSPS) is 11.6. The van der Waals surface area contributed by atoms with Crippen LogP contribution in [0.3, 0.4) is 0 Å². The summed E-state index contributed by atoms with van der Waals surface area (Å²) < 4.78 is 41.1. The van der Waals surface area contributed by atoms with Crippen LogP contribution >= 0.6 is 11.5 Å². The van der Waals surface area contributed by atoms with Gasteiger partial charge in [0.2, 0.25) is 0 Å². The predicted octanol–water partition coefficient (Wildman–Crippen LogP) is 2.29. The van der Waals surface area contributed by atoms with Crippen molar-refractivity contribution in [2.24, 2.45) is 0 Å². The molecular weight excluding hydrogens is 313 g/mol. The Kier molecular flexibility index (Phi) is 4.48. The van der Waals surface area contributed by atoms with E-state index in [0.29, 0.717) is 11.5 Å². The van der Waals surface area contributed by atoms with Gasteiger partial charge in [-0.3, -0.25) is 0 Å². The van der Waals surface area contributed by atoms with Gasteiger partial charge < -0.3 is 10.6 Å². The number of nitrogen functional groups attached to an aromatic ring is 1. The van der Waals surface area contributed by atoms with E-state index in [1.807, 2.05) is 0 Å². The third-order valence-corrected chi connectivity index (χ3v) is 5.92. The number of benzene rings is 1. The number of nitrogens with two attached hydrogens (primary N) is 1. The zero-order chi connectivity index (χ0) is 15.6. The second kappa shape index (κ2) is 5.98. The molecule has 0 saturated heterocycles. The van der Waals surface area contributed by atoms with Crippen LogP contribution in [-0.2, 0) is 16.4 Å². The molecular formula is C13H16FN3O2S2. The molecule has 21 heavy (non-hydrogen) atoms. The Hall–Kier alpha value is -1.67. The van der Waals surface area contributed by atoms with E-state index in [1.54, 1.807) is 31.0 Å². The number of aromatic nitrogens is 1. The fourth-order valence-corrected chi connectivity index (χ4v) is 4.19. The van der Waals surface area contributed by atoms with Crippen molar-refractivity contribution in [2.45, 2.75) is 18.4 Å². The number of rotatable bonds is 5. The monoisotopic (exact) mass is 329 g/mol. The molecule has 5 nitrogen and oxygen atoms in total. The predicted molar refractivity (Wildman–Crippen MR) is 82.8 cm³/mol. The van der Waals surface area contributed by atoms with E-state index >= 15 is 0 Å². The van der Waals surface area contributed by atoms with Crippen molar-refractivity contribution in [3.63, 3.8) is 0 Å². The Bertz CT molecular complexity index is 726. The maximum absolute atomic E-state index is 12.9. The molecule has 0 fully saturated rings. The molecule has 0 spiro atoms. The van der Waals surface area contributed by atoms with Gasteiger partial charge in [0, 0.05) is 13.6 Å². The van der Waals surface area contributed by atoms with E-state index in [-0.39, 0.29) is 22.3 Å². The fourth-order valence-electron chi connectivity index (χ4n) is 1.90. The van der Waals surface area contributed by atoms with Crippen LogP contribution in [0.5, 0.6) is 0 Å². The van der Waals surface area contributed by atoms with E-state index in [4.69, 9.17) is 5.73 Å². The molecule has 0 aliphatic rings. The Morgan fingerprint density at radius 2 is 1.95 bits per heavy atom. The molecule has 1 aromatic carbocycles. The summed E-state index contributed by atoms with van der Waals surface area (Å²) in [5.74, 6) is -0.312. The molecule has 0 radical (unpaired) electrons. The molecule has 2 N–H and O–H groups in total. The summed E-state index contributed by atoms with van der Waals surface area (Å²) in [7, 11) is -1.68. The smallest absolute Gasteiger partial charge is 0.184 e. The number of sulfone groups is 1. The zero-order valence-corrected chi connectivity index (χ0v) is 13.3. The lowest BCUT2D eigenvalue weighted by atomic mass is 10.2. The Morgan fingerprint density at radius 1 is 1.33 bits per heavy atom.